The third-order valence-corrected chi connectivity index (χ3v) is 7.25. The number of hydrogen-bond acceptors (Lipinski definition) is 5. The smallest absolute Gasteiger partial charge is 0.130 e. The number of rotatable bonds is 5. The summed E-state index contributed by atoms with van der Waals surface area (Å²) in [6.45, 7) is 7.73. The number of aromatic amines is 1. The molecule has 7 heteroatoms. The summed E-state index contributed by atoms with van der Waals surface area (Å²) < 4.78 is 13.6. The molecule has 1 fully saturated rings. The van der Waals surface area contributed by atoms with E-state index in [2.05, 4.69) is 37.5 Å². The molecule has 2 aliphatic rings. The van der Waals surface area contributed by atoms with Gasteiger partial charge in [0, 0.05) is 52.4 Å². The molecule has 30 heavy (non-hydrogen) atoms. The molecule has 0 saturated carbocycles. The minimum Gasteiger partial charge on any atom is -0.358 e. The van der Waals surface area contributed by atoms with Gasteiger partial charge >= 0.3 is 0 Å². The van der Waals surface area contributed by atoms with E-state index < -0.39 is 0 Å². The van der Waals surface area contributed by atoms with E-state index in [0.717, 1.165) is 52.7 Å². The van der Waals surface area contributed by atoms with Crippen LogP contribution in [0.25, 0.3) is 10.9 Å². The lowest BCUT2D eigenvalue weighted by atomic mass is 10.0. The van der Waals surface area contributed by atoms with Gasteiger partial charge in [0.25, 0.3) is 0 Å². The number of aromatic nitrogens is 2. The monoisotopic (exact) mass is 423 g/mol. The Bertz CT molecular complexity index is 1070. The second kappa shape index (κ2) is 8.40. The Labute approximate surface area is 180 Å². The zero-order valence-corrected chi connectivity index (χ0v) is 17.8. The van der Waals surface area contributed by atoms with Gasteiger partial charge in [0.15, 0.2) is 0 Å². The number of thioether (sulfide) groups is 1. The first-order valence-electron chi connectivity index (χ1n) is 10.6. The number of nitrogens with one attached hydrogen (secondary N) is 1. The number of aliphatic imine (C=N–C) groups is 1. The fraction of sp³-hybridized carbons (Fsp3) is 0.391. The molecule has 4 heterocycles. The van der Waals surface area contributed by atoms with Gasteiger partial charge in [0.05, 0.1) is 11.9 Å². The van der Waals surface area contributed by atoms with Gasteiger partial charge in [0.1, 0.15) is 11.6 Å². The van der Waals surface area contributed by atoms with Crippen LogP contribution in [0.1, 0.15) is 30.5 Å². The highest BCUT2D eigenvalue weighted by molar-refractivity contribution is 7.99. The van der Waals surface area contributed by atoms with Crippen LogP contribution in [0.4, 0.5) is 15.9 Å². The quantitative estimate of drug-likeness (QED) is 0.456. The second-order valence-corrected chi connectivity index (χ2v) is 9.05. The van der Waals surface area contributed by atoms with Crippen molar-refractivity contribution in [3.8, 4) is 0 Å². The maximum absolute atomic E-state index is 13.6. The normalized spacial score (nSPS) is 17.3. The van der Waals surface area contributed by atoms with Crippen LogP contribution in [0.2, 0.25) is 0 Å². The zero-order chi connectivity index (χ0) is 20.5. The number of H-pyrrole nitrogens is 1. The van der Waals surface area contributed by atoms with E-state index in [-0.39, 0.29) is 5.82 Å². The summed E-state index contributed by atoms with van der Waals surface area (Å²) >= 11 is 1.83. The molecule has 2 aromatic heterocycles. The van der Waals surface area contributed by atoms with E-state index in [1.54, 1.807) is 6.07 Å². The number of benzene rings is 1. The Balaban J connectivity index is 1.38. The number of hydrogen-bond donors (Lipinski definition) is 1. The van der Waals surface area contributed by atoms with Crippen LogP contribution in [0, 0.1) is 5.82 Å². The molecule has 0 amide bonds. The highest BCUT2D eigenvalue weighted by atomic mass is 32.2. The van der Waals surface area contributed by atoms with E-state index in [1.165, 1.54) is 49.7 Å². The summed E-state index contributed by atoms with van der Waals surface area (Å²) in [5.74, 6) is 1.73. The third-order valence-electron chi connectivity index (χ3n) is 6.11. The van der Waals surface area contributed by atoms with Gasteiger partial charge in [-0.2, -0.15) is 0 Å². The average Bonchev–Trinajstić information content (AvgIpc) is 3.14. The van der Waals surface area contributed by atoms with Gasteiger partial charge in [-0.3, -0.25) is 9.89 Å². The second-order valence-electron chi connectivity index (χ2n) is 8.06. The number of anilines is 1. The first-order chi connectivity index (χ1) is 14.7. The Morgan fingerprint density at radius 3 is 2.87 bits per heavy atom. The van der Waals surface area contributed by atoms with Crippen LogP contribution in [0.3, 0.4) is 0 Å². The molecule has 5 rings (SSSR count). The Kier molecular flexibility index (Phi) is 5.48. The maximum Gasteiger partial charge on any atom is 0.130 e. The van der Waals surface area contributed by atoms with Crippen molar-refractivity contribution in [3.63, 3.8) is 0 Å². The van der Waals surface area contributed by atoms with Crippen molar-refractivity contribution in [2.75, 3.05) is 30.4 Å². The average molecular weight is 424 g/mol. The predicted molar refractivity (Wildman–Crippen MR) is 123 cm³/mol. The minimum atomic E-state index is -0.206. The molecule has 1 N–H and O–H groups in total. The number of pyridine rings is 1. The Hall–Kier alpha value is -2.38. The van der Waals surface area contributed by atoms with Gasteiger partial charge in [-0.25, -0.2) is 9.37 Å². The molecule has 0 atom stereocenters. The summed E-state index contributed by atoms with van der Waals surface area (Å²) in [7, 11) is 0. The lowest BCUT2D eigenvalue weighted by molar-refractivity contribution is 0.266. The standard InChI is InChI=1S/C23H26FN5S/c1-25-21-13-26-23(12-22(21)30-15-28-8-3-2-4-9-28)29-10-7-19-18(14-29)17-6-5-16(24)11-20(17)27-19/h5-6,11-13,27H,1-4,7-10,14-15H2. The van der Waals surface area contributed by atoms with Crippen LogP contribution in [0.5, 0.6) is 0 Å². The van der Waals surface area contributed by atoms with Crippen LogP contribution >= 0.6 is 11.8 Å². The third kappa shape index (κ3) is 3.84. The largest absolute Gasteiger partial charge is 0.358 e. The molecule has 3 aromatic rings. The first kappa shape index (κ1) is 19.6. The van der Waals surface area contributed by atoms with Gasteiger partial charge in [-0.1, -0.05) is 6.42 Å². The number of likely N-dealkylation sites (tertiary alicyclic amines) is 1. The van der Waals surface area contributed by atoms with Crippen molar-refractivity contribution in [3.05, 3.63) is 47.5 Å². The molecule has 5 nitrogen and oxygen atoms in total. The fourth-order valence-corrected chi connectivity index (χ4v) is 5.50. The van der Waals surface area contributed by atoms with E-state index in [9.17, 15) is 4.39 Å². The molecule has 0 radical (unpaired) electrons. The summed E-state index contributed by atoms with van der Waals surface area (Å²) in [4.78, 5) is 18.2. The van der Waals surface area contributed by atoms with Crippen LogP contribution in [-0.2, 0) is 13.0 Å². The Morgan fingerprint density at radius 2 is 2.03 bits per heavy atom. The van der Waals surface area contributed by atoms with E-state index in [0.29, 0.717) is 0 Å². The van der Waals surface area contributed by atoms with Crippen molar-refractivity contribution in [2.24, 2.45) is 4.99 Å². The SMILES string of the molecule is C=Nc1cnc(N2CCc3[nH]c4cc(F)ccc4c3C2)cc1SCN1CCCCC1. The molecule has 0 unspecified atom stereocenters. The summed E-state index contributed by atoms with van der Waals surface area (Å²) in [6, 6.07) is 7.14. The van der Waals surface area contributed by atoms with Crippen molar-refractivity contribution in [1.82, 2.24) is 14.9 Å². The van der Waals surface area contributed by atoms with Crippen molar-refractivity contribution >= 4 is 40.9 Å². The number of fused-ring (bicyclic) bond motifs is 3. The van der Waals surface area contributed by atoms with E-state index in [4.69, 9.17) is 0 Å². The molecule has 1 saturated heterocycles. The minimum absolute atomic E-state index is 0.206. The topological polar surface area (TPSA) is 47.5 Å². The molecular formula is C23H26FN5S. The molecule has 0 spiro atoms. The van der Waals surface area contributed by atoms with Crippen LogP contribution in [0.15, 0.2) is 40.4 Å². The fourth-order valence-electron chi connectivity index (χ4n) is 4.47. The molecule has 0 aliphatic carbocycles. The number of piperidine rings is 1. The molecular weight excluding hydrogens is 397 g/mol. The lowest BCUT2D eigenvalue weighted by Gasteiger charge is -2.29. The lowest BCUT2D eigenvalue weighted by Crippen LogP contribution is -2.31. The van der Waals surface area contributed by atoms with Crippen LogP contribution < -0.4 is 4.90 Å². The van der Waals surface area contributed by atoms with E-state index >= 15 is 0 Å². The highest BCUT2D eigenvalue weighted by Gasteiger charge is 2.23. The van der Waals surface area contributed by atoms with Gasteiger partial charge in [0.2, 0.25) is 0 Å². The molecule has 156 valence electrons. The van der Waals surface area contributed by atoms with Crippen molar-refractivity contribution in [1.29, 1.82) is 0 Å². The molecule has 0 bridgehead atoms. The summed E-state index contributed by atoms with van der Waals surface area (Å²) in [6.07, 6.45) is 6.65. The highest BCUT2D eigenvalue weighted by Crippen LogP contribution is 2.35. The molecule has 1 aromatic carbocycles. The zero-order valence-electron chi connectivity index (χ0n) is 17.0. The van der Waals surface area contributed by atoms with Crippen LogP contribution in [-0.4, -0.2) is 47.1 Å². The molecule has 2 aliphatic heterocycles. The van der Waals surface area contributed by atoms with Crippen molar-refractivity contribution < 1.29 is 4.39 Å². The predicted octanol–water partition coefficient (Wildman–Crippen LogP) is 5.13. The number of nitrogens with zero attached hydrogens (tertiary/aromatic N) is 4. The van der Waals surface area contributed by atoms with Gasteiger partial charge in [-0.05, 0) is 56.9 Å². The van der Waals surface area contributed by atoms with Gasteiger partial charge < -0.3 is 9.88 Å². The summed E-state index contributed by atoms with van der Waals surface area (Å²) in [5, 5.41) is 1.10. The van der Waals surface area contributed by atoms with Crippen molar-refractivity contribution in [2.45, 2.75) is 37.1 Å². The first-order valence-corrected chi connectivity index (χ1v) is 11.6. The summed E-state index contributed by atoms with van der Waals surface area (Å²) in [5.41, 5.74) is 4.17. The maximum atomic E-state index is 13.6. The number of halogens is 1. The van der Waals surface area contributed by atoms with Gasteiger partial charge in [-0.15, -0.1) is 11.8 Å². The Morgan fingerprint density at radius 1 is 1.17 bits per heavy atom. The van der Waals surface area contributed by atoms with E-state index in [1.807, 2.05) is 24.0 Å².